The fourth-order valence-corrected chi connectivity index (χ4v) is 3.24. The van der Waals surface area contributed by atoms with Crippen LogP contribution in [0.4, 0.5) is 0 Å². The molecule has 1 aromatic rings. The maximum absolute atomic E-state index is 9.02. The maximum Gasteiger partial charge on any atom is 0.0681 e. The zero-order valence-corrected chi connectivity index (χ0v) is 11.2. The number of hydrogen-bond acceptors (Lipinski definition) is 3. The highest BCUT2D eigenvalue weighted by Gasteiger charge is 2.16. The van der Waals surface area contributed by atoms with Crippen LogP contribution in [0, 0.1) is 0 Å². The summed E-state index contributed by atoms with van der Waals surface area (Å²) in [5, 5.41) is 9.02. The minimum atomic E-state index is 0.136. The summed E-state index contributed by atoms with van der Waals surface area (Å²) in [5.41, 5.74) is 2.34. The summed E-state index contributed by atoms with van der Waals surface area (Å²) in [6, 6.07) is 8.99. The first-order chi connectivity index (χ1) is 8.29. The summed E-state index contributed by atoms with van der Waals surface area (Å²) in [4.78, 5) is 2.56. The lowest BCUT2D eigenvalue weighted by Crippen LogP contribution is -2.33. The number of hydrogen-bond donors (Lipinski definition) is 1. The summed E-state index contributed by atoms with van der Waals surface area (Å²) in [6.45, 7) is 4.69. The highest BCUT2D eigenvalue weighted by Crippen LogP contribution is 2.18. The van der Waals surface area contributed by atoms with Gasteiger partial charge in [-0.3, -0.25) is 4.90 Å². The Morgan fingerprint density at radius 3 is 2.65 bits per heavy atom. The molecule has 1 aromatic carbocycles. The number of rotatable bonds is 3. The summed E-state index contributed by atoms with van der Waals surface area (Å²) < 4.78 is 0. The van der Waals surface area contributed by atoms with Gasteiger partial charge in [0.15, 0.2) is 0 Å². The van der Waals surface area contributed by atoms with Gasteiger partial charge in [0, 0.05) is 24.9 Å². The summed E-state index contributed by atoms with van der Waals surface area (Å²) in [5.74, 6) is 2.54. The third-order valence-electron chi connectivity index (χ3n) is 3.42. The molecule has 17 heavy (non-hydrogen) atoms. The van der Waals surface area contributed by atoms with Crippen LogP contribution in [0.2, 0.25) is 0 Å². The molecule has 2 nitrogen and oxygen atoms in total. The van der Waals surface area contributed by atoms with E-state index in [1.807, 2.05) is 12.1 Å². The lowest BCUT2D eigenvalue weighted by atomic mass is 10.1. The van der Waals surface area contributed by atoms with Gasteiger partial charge in [-0.25, -0.2) is 0 Å². The van der Waals surface area contributed by atoms with Crippen LogP contribution in [0.15, 0.2) is 24.3 Å². The molecule has 0 unspecified atom stereocenters. The van der Waals surface area contributed by atoms with Gasteiger partial charge in [0.25, 0.3) is 0 Å². The Balaban J connectivity index is 1.98. The Hall–Kier alpha value is -0.510. The van der Waals surface area contributed by atoms with Gasteiger partial charge < -0.3 is 5.11 Å². The molecule has 0 amide bonds. The standard InChI is InChI=1S/C14H21NOS/c1-12-6-8-17-9-7-15(12)10-13-2-4-14(11-16)5-3-13/h2-5,12,16H,6-11H2,1H3/t12-/m0/s1. The Labute approximate surface area is 108 Å². The molecule has 3 heteroatoms. The number of aliphatic hydroxyl groups excluding tert-OH is 1. The number of thioether (sulfide) groups is 1. The Morgan fingerprint density at radius 1 is 1.24 bits per heavy atom. The molecular weight excluding hydrogens is 230 g/mol. The second-order valence-corrected chi connectivity index (χ2v) is 5.92. The smallest absolute Gasteiger partial charge is 0.0681 e. The van der Waals surface area contributed by atoms with Crippen molar-refractivity contribution in [3.63, 3.8) is 0 Å². The zero-order chi connectivity index (χ0) is 12.1. The molecule has 0 bridgehead atoms. The lowest BCUT2D eigenvalue weighted by Gasteiger charge is -2.26. The van der Waals surface area contributed by atoms with Crippen molar-refractivity contribution in [1.29, 1.82) is 0 Å². The molecule has 2 rings (SSSR count). The van der Waals surface area contributed by atoms with E-state index in [-0.39, 0.29) is 6.61 Å². The van der Waals surface area contributed by atoms with E-state index in [4.69, 9.17) is 5.11 Å². The molecular formula is C14H21NOS. The van der Waals surface area contributed by atoms with Crippen LogP contribution in [0.3, 0.4) is 0 Å². The van der Waals surface area contributed by atoms with Crippen LogP contribution in [-0.4, -0.2) is 34.1 Å². The minimum Gasteiger partial charge on any atom is -0.392 e. The molecule has 1 aliphatic rings. The summed E-state index contributed by atoms with van der Waals surface area (Å²) in [6.07, 6.45) is 1.29. The first-order valence-electron chi connectivity index (χ1n) is 6.30. The van der Waals surface area contributed by atoms with E-state index in [0.29, 0.717) is 6.04 Å². The van der Waals surface area contributed by atoms with E-state index < -0.39 is 0 Å². The predicted octanol–water partition coefficient (Wildman–Crippen LogP) is 2.51. The molecule has 1 saturated heterocycles. The molecule has 0 aliphatic carbocycles. The van der Waals surface area contributed by atoms with Crippen molar-refractivity contribution in [3.05, 3.63) is 35.4 Å². The van der Waals surface area contributed by atoms with Crippen LogP contribution in [-0.2, 0) is 13.2 Å². The minimum absolute atomic E-state index is 0.136. The number of aliphatic hydroxyl groups is 1. The monoisotopic (exact) mass is 251 g/mol. The van der Waals surface area contributed by atoms with Crippen LogP contribution in [0.5, 0.6) is 0 Å². The average molecular weight is 251 g/mol. The van der Waals surface area contributed by atoms with Crippen molar-refractivity contribution in [2.45, 2.75) is 32.5 Å². The quantitative estimate of drug-likeness (QED) is 0.893. The molecule has 1 atom stereocenters. The maximum atomic E-state index is 9.02. The number of nitrogens with zero attached hydrogens (tertiary/aromatic N) is 1. The molecule has 0 aromatic heterocycles. The van der Waals surface area contributed by atoms with E-state index in [2.05, 4.69) is 35.7 Å². The molecule has 1 aliphatic heterocycles. The zero-order valence-electron chi connectivity index (χ0n) is 10.4. The second kappa shape index (κ2) is 6.43. The van der Waals surface area contributed by atoms with Crippen molar-refractivity contribution >= 4 is 11.8 Å². The van der Waals surface area contributed by atoms with Gasteiger partial charge in [0.05, 0.1) is 6.61 Å². The normalized spacial score (nSPS) is 22.4. The molecule has 94 valence electrons. The first kappa shape index (κ1) is 12.9. The molecule has 0 radical (unpaired) electrons. The van der Waals surface area contributed by atoms with Crippen molar-refractivity contribution < 1.29 is 5.11 Å². The Kier molecular flexibility index (Phi) is 4.89. The van der Waals surface area contributed by atoms with Gasteiger partial charge in [0.1, 0.15) is 0 Å². The summed E-state index contributed by atoms with van der Waals surface area (Å²) in [7, 11) is 0. The van der Waals surface area contributed by atoms with Crippen LogP contribution in [0.25, 0.3) is 0 Å². The molecule has 0 saturated carbocycles. The highest BCUT2D eigenvalue weighted by molar-refractivity contribution is 7.99. The van der Waals surface area contributed by atoms with Crippen LogP contribution < -0.4 is 0 Å². The first-order valence-corrected chi connectivity index (χ1v) is 7.45. The second-order valence-electron chi connectivity index (χ2n) is 4.70. The topological polar surface area (TPSA) is 23.5 Å². The van der Waals surface area contributed by atoms with Gasteiger partial charge in [-0.2, -0.15) is 11.8 Å². The van der Waals surface area contributed by atoms with Gasteiger partial charge >= 0.3 is 0 Å². The van der Waals surface area contributed by atoms with E-state index in [9.17, 15) is 0 Å². The molecule has 1 N–H and O–H groups in total. The van der Waals surface area contributed by atoms with Crippen molar-refractivity contribution in [3.8, 4) is 0 Å². The van der Waals surface area contributed by atoms with Crippen LogP contribution in [0.1, 0.15) is 24.5 Å². The number of benzene rings is 1. The van der Waals surface area contributed by atoms with Crippen LogP contribution >= 0.6 is 11.8 Å². The third kappa shape index (κ3) is 3.73. The van der Waals surface area contributed by atoms with Crippen molar-refractivity contribution in [2.24, 2.45) is 0 Å². The predicted molar refractivity (Wildman–Crippen MR) is 74.2 cm³/mol. The van der Waals surface area contributed by atoms with E-state index in [0.717, 1.165) is 12.1 Å². The van der Waals surface area contributed by atoms with E-state index in [1.54, 1.807) is 0 Å². The fraction of sp³-hybridized carbons (Fsp3) is 0.571. The SMILES string of the molecule is C[C@H]1CCSCCN1Cc1ccc(CO)cc1. The van der Waals surface area contributed by atoms with Crippen molar-refractivity contribution in [1.82, 2.24) is 4.90 Å². The van der Waals surface area contributed by atoms with Gasteiger partial charge in [-0.1, -0.05) is 24.3 Å². The Bertz CT molecular complexity index is 339. The van der Waals surface area contributed by atoms with Gasteiger partial charge in [-0.15, -0.1) is 0 Å². The van der Waals surface area contributed by atoms with E-state index in [1.165, 1.54) is 30.0 Å². The Morgan fingerprint density at radius 2 is 1.94 bits per heavy atom. The average Bonchev–Trinajstić information content (AvgIpc) is 2.56. The molecule has 1 fully saturated rings. The highest BCUT2D eigenvalue weighted by atomic mass is 32.2. The molecule has 0 spiro atoms. The van der Waals surface area contributed by atoms with Crippen molar-refractivity contribution in [2.75, 3.05) is 18.1 Å². The molecule has 1 heterocycles. The van der Waals surface area contributed by atoms with Gasteiger partial charge in [0.2, 0.25) is 0 Å². The summed E-state index contributed by atoms with van der Waals surface area (Å²) >= 11 is 2.07. The van der Waals surface area contributed by atoms with Gasteiger partial charge in [-0.05, 0) is 30.2 Å². The van der Waals surface area contributed by atoms with E-state index >= 15 is 0 Å². The lowest BCUT2D eigenvalue weighted by molar-refractivity contribution is 0.212. The fourth-order valence-electron chi connectivity index (χ4n) is 2.16. The largest absolute Gasteiger partial charge is 0.392 e. The third-order valence-corrected chi connectivity index (χ3v) is 4.41.